The largest absolute Gasteiger partial charge is 0.396 e. The fourth-order valence-electron chi connectivity index (χ4n) is 3.61. The predicted molar refractivity (Wildman–Crippen MR) is 136 cm³/mol. The minimum absolute atomic E-state index is 0.0677. The molecule has 0 bridgehead atoms. The van der Waals surface area contributed by atoms with E-state index in [9.17, 15) is 9.18 Å². The van der Waals surface area contributed by atoms with E-state index >= 15 is 0 Å². The molecule has 5 rings (SSSR count). The number of hydrogen-bond donors (Lipinski definition) is 4. The SMILES string of the molecule is CCCN.Cn1ccc2cc(-c3cc4cc(NC(=O)c5cccc(N)c5F)cnc4[nH]3)ccc21. The van der Waals surface area contributed by atoms with E-state index in [0.717, 1.165) is 40.5 Å². The zero-order chi connectivity index (χ0) is 24.2. The van der Waals surface area contributed by atoms with Crippen LogP contribution in [0.4, 0.5) is 15.8 Å². The Morgan fingerprint density at radius 3 is 2.71 bits per heavy atom. The van der Waals surface area contributed by atoms with Crippen LogP contribution >= 0.6 is 0 Å². The number of H-pyrrole nitrogens is 1. The number of nitrogens with zero attached hydrogens (tertiary/aromatic N) is 2. The van der Waals surface area contributed by atoms with E-state index in [0.29, 0.717) is 11.3 Å². The van der Waals surface area contributed by atoms with Crippen LogP contribution in [0.5, 0.6) is 0 Å². The molecule has 7 nitrogen and oxygen atoms in total. The van der Waals surface area contributed by atoms with Crippen LogP contribution < -0.4 is 16.8 Å². The van der Waals surface area contributed by atoms with Gasteiger partial charge in [-0.05, 0) is 61.0 Å². The summed E-state index contributed by atoms with van der Waals surface area (Å²) in [5.74, 6) is -1.31. The summed E-state index contributed by atoms with van der Waals surface area (Å²) >= 11 is 0. The number of halogens is 1. The van der Waals surface area contributed by atoms with Gasteiger partial charge < -0.3 is 26.3 Å². The van der Waals surface area contributed by atoms with Crippen molar-refractivity contribution in [2.24, 2.45) is 12.8 Å². The Balaban J connectivity index is 0.000000636. The predicted octanol–water partition coefficient (Wildman–Crippen LogP) is 5.05. The number of rotatable bonds is 4. The van der Waals surface area contributed by atoms with Gasteiger partial charge >= 0.3 is 0 Å². The number of carbonyl (C=O) groups is 1. The third-order valence-electron chi connectivity index (χ3n) is 5.49. The number of nitrogen functional groups attached to an aromatic ring is 1. The summed E-state index contributed by atoms with van der Waals surface area (Å²) < 4.78 is 16.2. The van der Waals surface area contributed by atoms with E-state index in [1.807, 2.05) is 19.3 Å². The molecule has 5 aromatic rings. The molecule has 0 spiro atoms. The van der Waals surface area contributed by atoms with Crippen LogP contribution in [-0.2, 0) is 7.05 Å². The number of pyridine rings is 1. The standard InChI is InChI=1S/C23H18FN5O.C3H9N/c1-29-8-7-14-9-13(5-6-20(14)29)19-11-15-10-16(12-26-22(15)28-19)27-23(30)17-3-2-4-18(25)21(17)24;1-2-3-4/h2-12H,25H2,1H3,(H,26,28)(H,27,30);2-4H2,1H3. The highest BCUT2D eigenvalue weighted by Crippen LogP contribution is 2.28. The zero-order valence-corrected chi connectivity index (χ0v) is 19.1. The molecule has 0 saturated carbocycles. The Morgan fingerprint density at radius 1 is 1.15 bits per heavy atom. The first-order valence-corrected chi connectivity index (χ1v) is 11.0. The van der Waals surface area contributed by atoms with Gasteiger partial charge in [-0.2, -0.15) is 0 Å². The van der Waals surface area contributed by atoms with Crippen molar-refractivity contribution in [1.29, 1.82) is 0 Å². The maximum Gasteiger partial charge on any atom is 0.258 e. The second-order valence-electron chi connectivity index (χ2n) is 8.00. The molecule has 0 fully saturated rings. The molecule has 174 valence electrons. The van der Waals surface area contributed by atoms with Gasteiger partial charge in [0.05, 0.1) is 23.1 Å². The van der Waals surface area contributed by atoms with Gasteiger partial charge in [0, 0.05) is 35.2 Å². The molecular formula is C26H27FN6O. The molecule has 3 aromatic heterocycles. The van der Waals surface area contributed by atoms with Gasteiger partial charge in [0.1, 0.15) is 5.65 Å². The van der Waals surface area contributed by atoms with Crippen molar-refractivity contribution in [3.05, 3.63) is 78.4 Å². The Bertz CT molecular complexity index is 1470. The lowest BCUT2D eigenvalue weighted by Gasteiger charge is -2.07. The zero-order valence-electron chi connectivity index (χ0n) is 19.1. The van der Waals surface area contributed by atoms with Crippen molar-refractivity contribution in [2.45, 2.75) is 13.3 Å². The molecule has 0 saturated heterocycles. The van der Waals surface area contributed by atoms with Crippen LogP contribution in [0.15, 0.2) is 67.0 Å². The molecule has 34 heavy (non-hydrogen) atoms. The van der Waals surface area contributed by atoms with Crippen molar-refractivity contribution >= 4 is 39.2 Å². The van der Waals surface area contributed by atoms with E-state index in [4.69, 9.17) is 11.5 Å². The molecule has 0 radical (unpaired) electrons. The average Bonchev–Trinajstić information content (AvgIpc) is 3.44. The lowest BCUT2D eigenvalue weighted by molar-refractivity contribution is 0.102. The number of aromatic amines is 1. The van der Waals surface area contributed by atoms with Gasteiger partial charge in [-0.15, -0.1) is 0 Å². The Labute approximate surface area is 196 Å². The van der Waals surface area contributed by atoms with Crippen LogP contribution in [0.2, 0.25) is 0 Å². The number of aryl methyl sites for hydroxylation is 1. The number of carbonyl (C=O) groups excluding carboxylic acids is 1. The van der Waals surface area contributed by atoms with Gasteiger partial charge in [-0.3, -0.25) is 4.79 Å². The number of nitrogens with two attached hydrogens (primary N) is 2. The number of anilines is 2. The minimum atomic E-state index is -0.732. The molecule has 0 unspecified atom stereocenters. The number of aromatic nitrogens is 3. The first-order valence-electron chi connectivity index (χ1n) is 11.0. The molecule has 1 amide bonds. The van der Waals surface area contributed by atoms with Crippen molar-refractivity contribution in [1.82, 2.24) is 14.5 Å². The number of benzene rings is 2. The van der Waals surface area contributed by atoms with E-state index < -0.39 is 11.7 Å². The van der Waals surface area contributed by atoms with E-state index in [1.165, 1.54) is 24.4 Å². The molecule has 0 atom stereocenters. The maximum absolute atomic E-state index is 14.1. The van der Waals surface area contributed by atoms with Crippen molar-refractivity contribution in [3.8, 4) is 11.3 Å². The average molecular weight is 459 g/mol. The molecule has 0 aliphatic carbocycles. The van der Waals surface area contributed by atoms with Crippen LogP contribution in [0.25, 0.3) is 33.2 Å². The summed E-state index contributed by atoms with van der Waals surface area (Å²) in [4.78, 5) is 20.1. The van der Waals surface area contributed by atoms with Gasteiger partial charge in [0.25, 0.3) is 5.91 Å². The molecule has 8 heteroatoms. The van der Waals surface area contributed by atoms with E-state index in [2.05, 4.69) is 51.0 Å². The van der Waals surface area contributed by atoms with Crippen molar-refractivity contribution in [2.75, 3.05) is 17.6 Å². The van der Waals surface area contributed by atoms with Gasteiger partial charge in [0.15, 0.2) is 5.82 Å². The topological polar surface area (TPSA) is 115 Å². The van der Waals surface area contributed by atoms with E-state index in [1.54, 1.807) is 6.07 Å². The number of nitrogens with one attached hydrogen (secondary N) is 2. The van der Waals surface area contributed by atoms with Crippen molar-refractivity contribution < 1.29 is 9.18 Å². The van der Waals surface area contributed by atoms with Crippen LogP contribution in [0.3, 0.4) is 0 Å². The lowest BCUT2D eigenvalue weighted by atomic mass is 10.1. The lowest BCUT2D eigenvalue weighted by Crippen LogP contribution is -2.14. The third-order valence-corrected chi connectivity index (χ3v) is 5.49. The van der Waals surface area contributed by atoms with Gasteiger partial charge in [-0.1, -0.05) is 19.1 Å². The second-order valence-corrected chi connectivity index (χ2v) is 8.00. The summed E-state index contributed by atoms with van der Waals surface area (Å²) in [6.07, 6.45) is 4.66. The van der Waals surface area contributed by atoms with E-state index in [-0.39, 0.29) is 11.3 Å². The fourth-order valence-corrected chi connectivity index (χ4v) is 3.61. The Hall–Kier alpha value is -4.17. The normalized spacial score (nSPS) is 10.8. The monoisotopic (exact) mass is 458 g/mol. The Kier molecular flexibility index (Phi) is 6.60. The molecule has 3 heterocycles. The van der Waals surface area contributed by atoms with Gasteiger partial charge in [-0.25, -0.2) is 9.37 Å². The van der Waals surface area contributed by atoms with Crippen LogP contribution in [0, 0.1) is 5.82 Å². The molecule has 2 aromatic carbocycles. The first kappa shape index (κ1) is 23.0. The Morgan fingerprint density at radius 2 is 1.94 bits per heavy atom. The summed E-state index contributed by atoms with van der Waals surface area (Å²) in [7, 11) is 2.01. The number of fused-ring (bicyclic) bond motifs is 2. The quantitative estimate of drug-likeness (QED) is 0.282. The minimum Gasteiger partial charge on any atom is -0.396 e. The molecular weight excluding hydrogens is 431 g/mol. The highest BCUT2D eigenvalue weighted by molar-refractivity contribution is 6.05. The second kappa shape index (κ2) is 9.76. The third kappa shape index (κ3) is 4.62. The number of hydrogen-bond acceptors (Lipinski definition) is 4. The summed E-state index contributed by atoms with van der Waals surface area (Å²) in [6, 6.07) is 16.4. The fraction of sp³-hybridized carbons (Fsp3) is 0.154. The smallest absolute Gasteiger partial charge is 0.258 e. The van der Waals surface area contributed by atoms with Crippen LogP contribution in [0.1, 0.15) is 23.7 Å². The molecule has 6 N–H and O–H groups in total. The number of amides is 1. The van der Waals surface area contributed by atoms with Crippen LogP contribution in [-0.4, -0.2) is 27.0 Å². The summed E-state index contributed by atoms with van der Waals surface area (Å²) in [5, 5.41) is 4.67. The highest BCUT2D eigenvalue weighted by atomic mass is 19.1. The summed E-state index contributed by atoms with van der Waals surface area (Å²) in [6.45, 7) is 2.88. The summed E-state index contributed by atoms with van der Waals surface area (Å²) in [5.41, 5.74) is 14.7. The maximum atomic E-state index is 14.1. The molecule has 0 aliphatic heterocycles. The molecule has 0 aliphatic rings. The van der Waals surface area contributed by atoms with Crippen molar-refractivity contribution in [3.63, 3.8) is 0 Å². The van der Waals surface area contributed by atoms with Gasteiger partial charge in [0.2, 0.25) is 0 Å². The first-order chi connectivity index (χ1) is 16.4. The highest BCUT2D eigenvalue weighted by Gasteiger charge is 2.15.